The number of hydrogen-bond acceptors (Lipinski definition) is 5. The third-order valence-electron chi connectivity index (χ3n) is 7.17. The van der Waals surface area contributed by atoms with Gasteiger partial charge in [0.05, 0.1) is 5.56 Å². The fourth-order valence-corrected chi connectivity index (χ4v) is 5.42. The highest BCUT2D eigenvalue weighted by molar-refractivity contribution is 6.30. The second kappa shape index (κ2) is 11.2. The Morgan fingerprint density at radius 2 is 1.81 bits per heavy atom. The van der Waals surface area contributed by atoms with Crippen molar-refractivity contribution in [2.45, 2.75) is 31.3 Å². The molecule has 2 N–H and O–H groups in total. The number of halogens is 1. The van der Waals surface area contributed by atoms with Crippen molar-refractivity contribution in [2.24, 2.45) is 5.92 Å². The van der Waals surface area contributed by atoms with E-state index < -0.39 is 5.97 Å². The molecule has 0 aliphatic carbocycles. The molecule has 3 saturated heterocycles. The van der Waals surface area contributed by atoms with E-state index in [9.17, 15) is 9.59 Å². The molecular weight excluding hydrogens is 490 g/mol. The molecule has 2 aromatic heterocycles. The Morgan fingerprint density at radius 3 is 2.49 bits per heavy atom. The van der Waals surface area contributed by atoms with Gasteiger partial charge in [0.1, 0.15) is 5.58 Å². The third kappa shape index (κ3) is 5.84. The van der Waals surface area contributed by atoms with Gasteiger partial charge in [-0.15, -0.1) is 0 Å². The average molecular weight is 518 g/mol. The Kier molecular flexibility index (Phi) is 7.53. The number of furan rings is 1. The molecule has 8 heteroatoms. The molecule has 0 saturated carbocycles. The van der Waals surface area contributed by atoms with Gasteiger partial charge in [-0.2, -0.15) is 0 Å². The summed E-state index contributed by atoms with van der Waals surface area (Å²) in [5.41, 5.74) is 2.23. The smallest absolute Gasteiger partial charge is 0.335 e. The van der Waals surface area contributed by atoms with E-state index in [1.165, 1.54) is 17.7 Å². The lowest BCUT2D eigenvalue weighted by Gasteiger charge is -2.51. The molecule has 0 radical (unpaired) electrons. The lowest BCUT2D eigenvalue weighted by molar-refractivity contribution is 0.0131. The van der Waals surface area contributed by atoms with Crippen LogP contribution in [-0.2, 0) is 6.42 Å². The van der Waals surface area contributed by atoms with E-state index in [2.05, 4.69) is 21.3 Å². The lowest BCUT2D eigenvalue weighted by Crippen LogP contribution is -2.64. The first-order valence-corrected chi connectivity index (χ1v) is 12.8. The summed E-state index contributed by atoms with van der Waals surface area (Å²) in [5, 5.41) is 13.2. The van der Waals surface area contributed by atoms with Crippen molar-refractivity contribution in [1.29, 1.82) is 0 Å². The Morgan fingerprint density at radius 1 is 1.05 bits per heavy atom. The fraction of sp³-hybridized carbons (Fsp3) is 0.276. The zero-order valence-corrected chi connectivity index (χ0v) is 21.0. The summed E-state index contributed by atoms with van der Waals surface area (Å²) in [6.45, 7) is 2.24. The highest BCUT2D eigenvalue weighted by Crippen LogP contribution is 2.34. The standard InChI is InChI=1S/C22H23N3O2.C7H5ClO2/c26-22(20-13-17-5-1-2-6-19(17)27-20)24-21-16-7-10-25(11-8-16)18(21)12-15-4-3-9-23-14-15;8-6-3-1-5(2-4-6)7(9)10/h1-6,9,13-14,16,18,21H,7-8,10-12H2,(H,24,26);1-4H,(H,9,10)/t18-,21-;/m1./s1. The van der Waals surface area contributed by atoms with Crippen LogP contribution in [0.5, 0.6) is 0 Å². The van der Waals surface area contributed by atoms with E-state index in [1.54, 1.807) is 18.3 Å². The number of amides is 1. The van der Waals surface area contributed by atoms with Gasteiger partial charge in [-0.25, -0.2) is 4.79 Å². The molecule has 190 valence electrons. The highest BCUT2D eigenvalue weighted by Gasteiger charge is 2.43. The monoisotopic (exact) mass is 517 g/mol. The lowest BCUT2D eigenvalue weighted by atomic mass is 9.76. The van der Waals surface area contributed by atoms with Crippen molar-refractivity contribution in [3.63, 3.8) is 0 Å². The number of fused-ring (bicyclic) bond motifs is 4. The van der Waals surface area contributed by atoms with Gasteiger partial charge in [-0.3, -0.25) is 14.7 Å². The number of piperidine rings is 3. The number of benzene rings is 2. The van der Waals surface area contributed by atoms with Crippen molar-refractivity contribution >= 4 is 34.4 Å². The van der Waals surface area contributed by atoms with Crippen LogP contribution < -0.4 is 5.32 Å². The third-order valence-corrected chi connectivity index (χ3v) is 7.42. The van der Waals surface area contributed by atoms with E-state index in [1.807, 2.05) is 42.6 Å². The minimum absolute atomic E-state index is 0.110. The molecule has 1 amide bonds. The van der Waals surface area contributed by atoms with Crippen LogP contribution in [0.2, 0.25) is 5.02 Å². The summed E-state index contributed by atoms with van der Waals surface area (Å²) < 4.78 is 5.77. The van der Waals surface area contributed by atoms with Crippen LogP contribution in [0.15, 0.2) is 83.5 Å². The Labute approximate surface area is 220 Å². The van der Waals surface area contributed by atoms with E-state index in [-0.39, 0.29) is 17.5 Å². The van der Waals surface area contributed by atoms with E-state index in [0.29, 0.717) is 22.7 Å². The van der Waals surface area contributed by atoms with Crippen LogP contribution >= 0.6 is 11.6 Å². The maximum Gasteiger partial charge on any atom is 0.335 e. The minimum Gasteiger partial charge on any atom is -0.478 e. The van der Waals surface area contributed by atoms with Gasteiger partial charge < -0.3 is 14.8 Å². The molecule has 5 heterocycles. The molecule has 37 heavy (non-hydrogen) atoms. The molecule has 2 bridgehead atoms. The van der Waals surface area contributed by atoms with Gasteiger partial charge in [0.15, 0.2) is 5.76 Å². The molecule has 7 nitrogen and oxygen atoms in total. The summed E-state index contributed by atoms with van der Waals surface area (Å²) in [7, 11) is 0. The second-order valence-corrected chi connectivity index (χ2v) is 9.90. The molecule has 2 aromatic carbocycles. The van der Waals surface area contributed by atoms with Crippen molar-refractivity contribution in [3.05, 3.63) is 101 Å². The summed E-state index contributed by atoms with van der Waals surface area (Å²) in [6, 6.07) is 20.2. The van der Waals surface area contributed by atoms with Gasteiger partial charge in [0.2, 0.25) is 0 Å². The zero-order valence-electron chi connectivity index (χ0n) is 20.2. The van der Waals surface area contributed by atoms with Crippen molar-refractivity contribution in [1.82, 2.24) is 15.2 Å². The van der Waals surface area contributed by atoms with Crippen LogP contribution in [0.25, 0.3) is 11.0 Å². The number of carboxylic acids is 1. The number of nitrogens with one attached hydrogen (secondary N) is 1. The first-order valence-electron chi connectivity index (χ1n) is 12.4. The number of para-hydroxylation sites is 1. The van der Waals surface area contributed by atoms with Gasteiger partial charge >= 0.3 is 5.97 Å². The maximum atomic E-state index is 12.9. The molecule has 4 aromatic rings. The van der Waals surface area contributed by atoms with Gasteiger partial charge in [-0.1, -0.05) is 35.9 Å². The van der Waals surface area contributed by atoms with Crippen molar-refractivity contribution < 1.29 is 19.1 Å². The number of aromatic nitrogens is 1. The van der Waals surface area contributed by atoms with Crippen molar-refractivity contribution in [2.75, 3.05) is 13.1 Å². The number of aromatic carboxylic acids is 1. The summed E-state index contributed by atoms with van der Waals surface area (Å²) >= 11 is 5.52. The van der Waals surface area contributed by atoms with Gasteiger partial charge in [-0.05, 0) is 86.3 Å². The predicted octanol–water partition coefficient (Wildman–Crippen LogP) is 5.30. The molecule has 0 unspecified atom stereocenters. The van der Waals surface area contributed by atoms with Crippen molar-refractivity contribution in [3.8, 4) is 0 Å². The Bertz CT molecular complexity index is 1330. The number of hydrogen-bond donors (Lipinski definition) is 2. The minimum atomic E-state index is -0.934. The number of carbonyl (C=O) groups is 2. The SMILES string of the molecule is O=C(N[C@@H]1C2CCN(CC2)[C@@H]1Cc1cccnc1)c1cc2ccccc2o1.O=C(O)c1ccc(Cl)cc1. The van der Waals surface area contributed by atoms with E-state index in [4.69, 9.17) is 21.1 Å². The summed E-state index contributed by atoms with van der Waals surface area (Å²) in [6.07, 6.45) is 6.94. The quantitative estimate of drug-likeness (QED) is 0.373. The van der Waals surface area contributed by atoms with Crippen LogP contribution in [0.1, 0.15) is 39.3 Å². The van der Waals surface area contributed by atoms with Gasteiger partial charge in [0.25, 0.3) is 5.91 Å². The van der Waals surface area contributed by atoms with Crippen LogP contribution in [0.3, 0.4) is 0 Å². The highest BCUT2D eigenvalue weighted by atomic mass is 35.5. The molecule has 3 fully saturated rings. The molecular formula is C29H28ClN3O4. The average Bonchev–Trinajstić information content (AvgIpc) is 3.36. The largest absolute Gasteiger partial charge is 0.478 e. The number of nitrogens with zero attached hydrogens (tertiary/aromatic N) is 2. The predicted molar refractivity (Wildman–Crippen MR) is 142 cm³/mol. The van der Waals surface area contributed by atoms with Gasteiger partial charge in [0, 0.05) is 34.9 Å². The molecule has 2 atom stereocenters. The van der Waals surface area contributed by atoms with E-state index in [0.717, 1.165) is 43.3 Å². The number of carbonyl (C=O) groups excluding carboxylic acids is 1. The Balaban J connectivity index is 0.000000237. The molecule has 7 rings (SSSR count). The number of pyridine rings is 1. The number of rotatable bonds is 5. The first-order chi connectivity index (χ1) is 18.0. The summed E-state index contributed by atoms with van der Waals surface area (Å²) in [5.74, 6) is -0.115. The zero-order chi connectivity index (χ0) is 25.8. The molecule has 0 spiro atoms. The fourth-order valence-electron chi connectivity index (χ4n) is 5.29. The Hall–Kier alpha value is -3.68. The molecule has 3 aliphatic rings. The number of carboxylic acid groups (broad SMARTS) is 1. The second-order valence-electron chi connectivity index (χ2n) is 9.47. The molecule has 3 aliphatic heterocycles. The first kappa shape index (κ1) is 25.0. The van der Waals surface area contributed by atoms with Crippen LogP contribution in [0.4, 0.5) is 0 Å². The van der Waals surface area contributed by atoms with Crippen LogP contribution in [0, 0.1) is 5.92 Å². The topological polar surface area (TPSA) is 95.7 Å². The maximum absolute atomic E-state index is 12.9. The summed E-state index contributed by atoms with van der Waals surface area (Å²) in [4.78, 5) is 30.0. The normalized spacial score (nSPS) is 22.2. The van der Waals surface area contributed by atoms with Crippen LogP contribution in [-0.4, -0.2) is 52.0 Å². The van der Waals surface area contributed by atoms with E-state index >= 15 is 0 Å².